The molecule has 5 nitrogen and oxygen atoms in total. The quantitative estimate of drug-likeness (QED) is 0.227. The summed E-state index contributed by atoms with van der Waals surface area (Å²) in [6.07, 6.45) is 13.3. The van der Waals surface area contributed by atoms with Gasteiger partial charge in [0.2, 0.25) is 0 Å². The molecule has 0 bridgehead atoms. The van der Waals surface area contributed by atoms with Crippen molar-refractivity contribution in [3.63, 3.8) is 0 Å². The Morgan fingerprint density at radius 1 is 1.29 bits per heavy atom. The number of ether oxygens (including phenoxy) is 2. The fourth-order valence-corrected chi connectivity index (χ4v) is 6.10. The maximum absolute atomic E-state index is 12.3. The van der Waals surface area contributed by atoms with E-state index in [0.29, 0.717) is 11.5 Å². The second kappa shape index (κ2) is 11.1. The van der Waals surface area contributed by atoms with Crippen molar-refractivity contribution in [1.82, 2.24) is 0 Å². The van der Waals surface area contributed by atoms with Crippen LogP contribution in [0, 0.1) is 11.3 Å². The Morgan fingerprint density at radius 3 is 2.66 bits per heavy atom. The molecule has 0 amide bonds. The standard InChI is InChI=1S/C30H46O5/c1-7-24-14-15-25-22(11-10-17-29(24,25)6)12-13-23-19-30(33,20-26(31)21(23)4)34-18-16-27(32)35-28(5,8-2)9-3/h12-14,25-26,31,33H,4,7-11,15-20H2,1-3,5-6H3/t25-,26?,29+,30-/m0/s1. The van der Waals surface area contributed by atoms with Crippen LogP contribution in [0.15, 0.2) is 47.1 Å². The van der Waals surface area contributed by atoms with Gasteiger partial charge in [-0.1, -0.05) is 63.6 Å². The summed E-state index contributed by atoms with van der Waals surface area (Å²) in [5.41, 5.74) is 4.25. The number of esters is 1. The summed E-state index contributed by atoms with van der Waals surface area (Å²) in [6, 6.07) is 0. The van der Waals surface area contributed by atoms with Crippen LogP contribution in [-0.4, -0.2) is 40.3 Å². The number of allylic oxidation sites excluding steroid dienone is 5. The first-order valence-corrected chi connectivity index (χ1v) is 13.5. The summed E-state index contributed by atoms with van der Waals surface area (Å²) in [5, 5.41) is 21.7. The number of hydrogen-bond acceptors (Lipinski definition) is 5. The molecule has 0 spiro atoms. The van der Waals surface area contributed by atoms with Gasteiger partial charge in [0.25, 0.3) is 0 Å². The lowest BCUT2D eigenvalue weighted by Crippen LogP contribution is -2.42. The van der Waals surface area contributed by atoms with Gasteiger partial charge in [0.15, 0.2) is 5.79 Å². The number of aliphatic hydroxyl groups is 2. The van der Waals surface area contributed by atoms with E-state index in [1.54, 1.807) is 5.57 Å². The highest BCUT2D eigenvalue weighted by molar-refractivity contribution is 5.70. The third-order valence-electron chi connectivity index (χ3n) is 8.92. The molecule has 3 aliphatic rings. The lowest BCUT2D eigenvalue weighted by atomic mass is 9.64. The van der Waals surface area contributed by atoms with Gasteiger partial charge in [-0.15, -0.1) is 0 Å². The lowest BCUT2D eigenvalue weighted by Gasteiger charge is -2.41. The second-order valence-corrected chi connectivity index (χ2v) is 11.2. The third-order valence-corrected chi connectivity index (χ3v) is 8.92. The van der Waals surface area contributed by atoms with Crippen molar-refractivity contribution in [3.05, 3.63) is 47.1 Å². The minimum absolute atomic E-state index is 0.0400. The molecular formula is C30H46O5. The van der Waals surface area contributed by atoms with Crippen LogP contribution in [0.4, 0.5) is 0 Å². The smallest absolute Gasteiger partial charge is 0.308 e. The third kappa shape index (κ3) is 6.18. The Balaban J connectivity index is 1.66. The predicted molar refractivity (Wildman–Crippen MR) is 140 cm³/mol. The molecule has 2 saturated carbocycles. The molecule has 1 unspecified atom stereocenters. The van der Waals surface area contributed by atoms with Gasteiger partial charge >= 0.3 is 5.97 Å². The van der Waals surface area contributed by atoms with Gasteiger partial charge in [-0.05, 0) is 74.3 Å². The maximum atomic E-state index is 12.3. The lowest BCUT2D eigenvalue weighted by molar-refractivity contribution is -0.222. The molecule has 4 atom stereocenters. The summed E-state index contributed by atoms with van der Waals surface area (Å²) in [5.74, 6) is -1.34. The van der Waals surface area contributed by atoms with Gasteiger partial charge in [-0.3, -0.25) is 4.79 Å². The molecule has 5 heteroatoms. The number of carbonyl (C=O) groups is 1. The molecule has 0 radical (unpaired) electrons. The molecule has 2 N–H and O–H groups in total. The Morgan fingerprint density at radius 2 is 2.00 bits per heavy atom. The zero-order chi connectivity index (χ0) is 25.9. The Kier molecular flexibility index (Phi) is 8.88. The summed E-state index contributed by atoms with van der Waals surface area (Å²) >= 11 is 0. The number of hydrogen-bond donors (Lipinski definition) is 2. The van der Waals surface area contributed by atoms with Crippen molar-refractivity contribution in [2.75, 3.05) is 6.61 Å². The normalized spacial score (nSPS) is 33.7. The van der Waals surface area contributed by atoms with Crippen LogP contribution >= 0.6 is 0 Å². The van der Waals surface area contributed by atoms with Crippen molar-refractivity contribution in [3.8, 4) is 0 Å². The molecule has 3 rings (SSSR count). The average Bonchev–Trinajstić information content (AvgIpc) is 3.17. The molecule has 0 aromatic rings. The van der Waals surface area contributed by atoms with E-state index < -0.39 is 17.5 Å². The van der Waals surface area contributed by atoms with E-state index in [1.807, 2.05) is 26.8 Å². The van der Waals surface area contributed by atoms with Crippen LogP contribution in [0.25, 0.3) is 0 Å². The van der Waals surface area contributed by atoms with E-state index >= 15 is 0 Å². The van der Waals surface area contributed by atoms with Gasteiger partial charge in [-0.2, -0.15) is 0 Å². The van der Waals surface area contributed by atoms with Crippen molar-refractivity contribution in [2.45, 2.75) is 116 Å². The van der Waals surface area contributed by atoms with Crippen molar-refractivity contribution >= 4 is 5.97 Å². The zero-order valence-electron chi connectivity index (χ0n) is 22.5. The van der Waals surface area contributed by atoms with Gasteiger partial charge in [0.1, 0.15) is 5.60 Å². The highest BCUT2D eigenvalue weighted by atomic mass is 16.6. The number of aliphatic hydroxyl groups excluding tert-OH is 1. The zero-order valence-corrected chi connectivity index (χ0v) is 22.5. The van der Waals surface area contributed by atoms with Crippen molar-refractivity contribution < 1.29 is 24.5 Å². The van der Waals surface area contributed by atoms with Crippen molar-refractivity contribution in [2.24, 2.45) is 11.3 Å². The highest BCUT2D eigenvalue weighted by Gasteiger charge is 2.44. The fourth-order valence-electron chi connectivity index (χ4n) is 6.10. The average molecular weight is 487 g/mol. The summed E-state index contributed by atoms with van der Waals surface area (Å²) in [4.78, 5) is 12.3. The largest absolute Gasteiger partial charge is 0.459 e. The monoisotopic (exact) mass is 486 g/mol. The van der Waals surface area contributed by atoms with Gasteiger partial charge in [0, 0.05) is 12.8 Å². The van der Waals surface area contributed by atoms with Gasteiger partial charge < -0.3 is 19.7 Å². The van der Waals surface area contributed by atoms with E-state index in [2.05, 4.69) is 32.6 Å². The van der Waals surface area contributed by atoms with Crippen LogP contribution in [-0.2, 0) is 14.3 Å². The second-order valence-electron chi connectivity index (χ2n) is 11.2. The molecule has 0 heterocycles. The van der Waals surface area contributed by atoms with E-state index in [0.717, 1.165) is 37.7 Å². The molecular weight excluding hydrogens is 440 g/mol. The first-order chi connectivity index (χ1) is 16.5. The van der Waals surface area contributed by atoms with Gasteiger partial charge in [0.05, 0.1) is 19.1 Å². The molecule has 35 heavy (non-hydrogen) atoms. The molecule has 0 aromatic heterocycles. The maximum Gasteiger partial charge on any atom is 0.308 e. The van der Waals surface area contributed by atoms with Crippen LogP contribution in [0.3, 0.4) is 0 Å². The van der Waals surface area contributed by atoms with E-state index in [1.165, 1.54) is 18.4 Å². The van der Waals surface area contributed by atoms with E-state index in [9.17, 15) is 15.0 Å². The summed E-state index contributed by atoms with van der Waals surface area (Å²) < 4.78 is 11.4. The number of carbonyl (C=O) groups excluding carboxylic acids is 1. The Labute approximate surface area is 212 Å². The molecule has 3 aliphatic carbocycles. The molecule has 0 aromatic carbocycles. The minimum Gasteiger partial charge on any atom is -0.459 e. The Bertz CT molecular complexity index is 892. The first kappa shape index (κ1) is 27.9. The Hall–Kier alpha value is -1.69. The van der Waals surface area contributed by atoms with Crippen LogP contribution in [0.1, 0.15) is 98.8 Å². The highest BCUT2D eigenvalue weighted by Crippen LogP contribution is 2.55. The molecule has 196 valence electrons. The minimum atomic E-state index is -1.53. The van der Waals surface area contributed by atoms with E-state index in [4.69, 9.17) is 9.47 Å². The van der Waals surface area contributed by atoms with Gasteiger partial charge in [-0.25, -0.2) is 0 Å². The summed E-state index contributed by atoms with van der Waals surface area (Å²) in [7, 11) is 0. The predicted octanol–water partition coefficient (Wildman–Crippen LogP) is 6.31. The molecule has 0 aliphatic heterocycles. The first-order valence-electron chi connectivity index (χ1n) is 13.5. The van der Waals surface area contributed by atoms with Crippen LogP contribution in [0.2, 0.25) is 0 Å². The summed E-state index contributed by atoms with van der Waals surface area (Å²) in [6.45, 7) is 14.7. The van der Waals surface area contributed by atoms with Crippen LogP contribution < -0.4 is 0 Å². The SMILES string of the molecule is C=C1C(=CC=C2CCC[C@]3(C)C(CC)=CC[C@@H]23)C[C@](O)(OCCC(=O)OC(C)(CC)CC)CC1O. The molecule has 2 fully saturated rings. The molecule has 0 saturated heterocycles. The van der Waals surface area contributed by atoms with Crippen molar-refractivity contribution in [1.29, 1.82) is 0 Å². The van der Waals surface area contributed by atoms with Crippen LogP contribution in [0.5, 0.6) is 0 Å². The fraction of sp³-hybridized carbons (Fsp3) is 0.700. The van der Waals surface area contributed by atoms with E-state index in [-0.39, 0.29) is 37.3 Å². The number of fused-ring (bicyclic) bond motifs is 1. The number of rotatable bonds is 9. The topological polar surface area (TPSA) is 76.0 Å².